The summed E-state index contributed by atoms with van der Waals surface area (Å²) in [5.74, 6) is -0.121. The Hall–Kier alpha value is -1.35. The van der Waals surface area contributed by atoms with Crippen LogP contribution >= 0.6 is 0 Å². The first kappa shape index (κ1) is 8.00. The predicted molar refractivity (Wildman–Crippen MR) is 53.6 cm³/mol. The quantitative estimate of drug-likeness (QED) is 0.671. The number of fused-ring (bicyclic) bond motifs is 3. The fourth-order valence-electron chi connectivity index (χ4n) is 2.12. The zero-order valence-corrected chi connectivity index (χ0v) is 7.76. The van der Waals surface area contributed by atoms with Gasteiger partial charge in [0.1, 0.15) is 5.82 Å². The number of hydrogen-bond acceptors (Lipinski definition) is 1. The van der Waals surface area contributed by atoms with Crippen LogP contribution in [0.4, 0.5) is 4.39 Å². The zero-order chi connectivity index (χ0) is 9.54. The summed E-state index contributed by atoms with van der Waals surface area (Å²) in [5, 5.41) is 4.02. The van der Waals surface area contributed by atoms with Crippen LogP contribution in [0.5, 0.6) is 0 Å². The van der Waals surface area contributed by atoms with Crippen molar-refractivity contribution < 1.29 is 4.39 Å². The van der Waals surface area contributed by atoms with E-state index in [1.54, 1.807) is 6.07 Å². The summed E-state index contributed by atoms with van der Waals surface area (Å²) in [4.78, 5) is 0. The highest BCUT2D eigenvalue weighted by Crippen LogP contribution is 2.23. The fourth-order valence-corrected chi connectivity index (χ4v) is 2.12. The number of hydrogen-bond donors (Lipinski definition) is 1. The molecule has 0 bridgehead atoms. The molecule has 0 radical (unpaired) electrons. The van der Waals surface area contributed by atoms with Crippen molar-refractivity contribution in [3.63, 3.8) is 0 Å². The van der Waals surface area contributed by atoms with Crippen LogP contribution in [-0.2, 0) is 13.1 Å². The van der Waals surface area contributed by atoms with E-state index in [9.17, 15) is 4.39 Å². The lowest BCUT2D eigenvalue weighted by atomic mass is 10.2. The molecule has 1 aliphatic heterocycles. The van der Waals surface area contributed by atoms with Gasteiger partial charge < -0.3 is 9.88 Å². The van der Waals surface area contributed by atoms with Gasteiger partial charge in [0.2, 0.25) is 0 Å². The van der Waals surface area contributed by atoms with Crippen molar-refractivity contribution in [2.75, 3.05) is 6.54 Å². The summed E-state index contributed by atoms with van der Waals surface area (Å²) in [5.41, 5.74) is 2.19. The molecule has 72 valence electrons. The minimum atomic E-state index is -0.121. The molecular formula is C11H11FN2. The summed E-state index contributed by atoms with van der Waals surface area (Å²) in [7, 11) is 0. The third-order valence-electron chi connectivity index (χ3n) is 2.80. The number of rotatable bonds is 0. The van der Waals surface area contributed by atoms with E-state index >= 15 is 0 Å². The highest BCUT2D eigenvalue weighted by Gasteiger charge is 2.13. The lowest BCUT2D eigenvalue weighted by molar-refractivity contribution is 0.527. The Kier molecular flexibility index (Phi) is 1.61. The molecule has 0 spiro atoms. The van der Waals surface area contributed by atoms with Crippen LogP contribution in [0.1, 0.15) is 5.69 Å². The Morgan fingerprint density at radius 1 is 1.36 bits per heavy atom. The molecule has 0 fully saturated rings. The Morgan fingerprint density at radius 2 is 2.29 bits per heavy atom. The second-order valence-electron chi connectivity index (χ2n) is 3.64. The number of halogens is 1. The van der Waals surface area contributed by atoms with Crippen LogP contribution in [0.25, 0.3) is 10.9 Å². The molecule has 2 aromatic rings. The first-order chi connectivity index (χ1) is 6.86. The van der Waals surface area contributed by atoms with Gasteiger partial charge in [-0.05, 0) is 18.2 Å². The Labute approximate surface area is 81.3 Å². The van der Waals surface area contributed by atoms with Gasteiger partial charge in [0, 0.05) is 30.7 Å². The minimum Gasteiger partial charge on any atom is -0.342 e. The first-order valence-corrected chi connectivity index (χ1v) is 4.83. The van der Waals surface area contributed by atoms with Crippen LogP contribution in [0.2, 0.25) is 0 Å². The molecule has 0 unspecified atom stereocenters. The molecule has 1 aromatic heterocycles. The molecule has 0 aliphatic carbocycles. The number of benzene rings is 1. The van der Waals surface area contributed by atoms with Crippen LogP contribution in [0.15, 0.2) is 24.3 Å². The molecular weight excluding hydrogens is 179 g/mol. The predicted octanol–water partition coefficient (Wildman–Crippen LogP) is 1.88. The molecule has 1 aromatic carbocycles. The summed E-state index contributed by atoms with van der Waals surface area (Å²) >= 11 is 0. The Balaban J connectivity index is 2.36. The van der Waals surface area contributed by atoms with Crippen molar-refractivity contribution in [3.05, 3.63) is 35.8 Å². The van der Waals surface area contributed by atoms with Gasteiger partial charge in [-0.3, -0.25) is 0 Å². The number of nitrogens with zero attached hydrogens (tertiary/aromatic N) is 1. The maximum absolute atomic E-state index is 13.4. The lowest BCUT2D eigenvalue weighted by Gasteiger charge is -2.16. The van der Waals surface area contributed by atoms with Crippen molar-refractivity contribution in [2.24, 2.45) is 0 Å². The SMILES string of the molecule is Fc1cccc2c1cc1n2CCNC1. The molecule has 2 heterocycles. The maximum atomic E-state index is 13.4. The van der Waals surface area contributed by atoms with E-state index < -0.39 is 0 Å². The molecule has 0 saturated carbocycles. The molecule has 14 heavy (non-hydrogen) atoms. The van der Waals surface area contributed by atoms with Crippen molar-refractivity contribution in [1.29, 1.82) is 0 Å². The largest absolute Gasteiger partial charge is 0.342 e. The smallest absolute Gasteiger partial charge is 0.132 e. The zero-order valence-electron chi connectivity index (χ0n) is 7.76. The molecule has 2 nitrogen and oxygen atoms in total. The normalized spacial score (nSPS) is 15.8. The van der Waals surface area contributed by atoms with Crippen LogP contribution in [0.3, 0.4) is 0 Å². The maximum Gasteiger partial charge on any atom is 0.132 e. The third kappa shape index (κ3) is 0.990. The molecule has 3 rings (SSSR count). The molecule has 1 aliphatic rings. The summed E-state index contributed by atoms with van der Waals surface area (Å²) < 4.78 is 15.6. The average Bonchev–Trinajstić information content (AvgIpc) is 2.59. The van der Waals surface area contributed by atoms with Gasteiger partial charge in [-0.15, -0.1) is 0 Å². The highest BCUT2D eigenvalue weighted by atomic mass is 19.1. The van der Waals surface area contributed by atoms with Gasteiger partial charge in [-0.25, -0.2) is 4.39 Å². The Bertz CT molecular complexity index is 487. The molecule has 1 N–H and O–H groups in total. The van der Waals surface area contributed by atoms with Gasteiger partial charge in [0.15, 0.2) is 0 Å². The van der Waals surface area contributed by atoms with Crippen LogP contribution < -0.4 is 5.32 Å². The van der Waals surface area contributed by atoms with Gasteiger partial charge in [0.05, 0.1) is 5.52 Å². The second-order valence-corrected chi connectivity index (χ2v) is 3.64. The van der Waals surface area contributed by atoms with E-state index in [1.165, 1.54) is 11.8 Å². The van der Waals surface area contributed by atoms with Gasteiger partial charge in [-0.1, -0.05) is 6.07 Å². The van der Waals surface area contributed by atoms with E-state index in [-0.39, 0.29) is 5.82 Å². The van der Waals surface area contributed by atoms with E-state index in [0.717, 1.165) is 30.5 Å². The van der Waals surface area contributed by atoms with E-state index in [0.29, 0.717) is 0 Å². The van der Waals surface area contributed by atoms with E-state index in [1.807, 2.05) is 12.1 Å². The number of aromatic nitrogens is 1. The van der Waals surface area contributed by atoms with Gasteiger partial charge >= 0.3 is 0 Å². The van der Waals surface area contributed by atoms with E-state index in [4.69, 9.17) is 0 Å². The molecule has 0 saturated heterocycles. The molecule has 0 atom stereocenters. The summed E-state index contributed by atoms with van der Waals surface area (Å²) in [6.45, 7) is 2.74. The van der Waals surface area contributed by atoms with Crippen molar-refractivity contribution in [3.8, 4) is 0 Å². The van der Waals surface area contributed by atoms with E-state index in [2.05, 4.69) is 9.88 Å². The fraction of sp³-hybridized carbons (Fsp3) is 0.273. The highest BCUT2D eigenvalue weighted by molar-refractivity contribution is 5.82. The monoisotopic (exact) mass is 190 g/mol. The van der Waals surface area contributed by atoms with Crippen LogP contribution in [0, 0.1) is 5.82 Å². The minimum absolute atomic E-state index is 0.121. The Morgan fingerprint density at radius 3 is 3.21 bits per heavy atom. The average molecular weight is 190 g/mol. The van der Waals surface area contributed by atoms with Gasteiger partial charge in [-0.2, -0.15) is 0 Å². The summed E-state index contributed by atoms with van der Waals surface area (Å²) in [6.07, 6.45) is 0. The number of nitrogens with one attached hydrogen (secondary N) is 1. The standard InChI is InChI=1S/C11H11FN2/c12-10-2-1-3-11-9(10)6-8-7-13-4-5-14(8)11/h1-3,6,13H,4-5,7H2. The first-order valence-electron chi connectivity index (χ1n) is 4.83. The lowest BCUT2D eigenvalue weighted by Crippen LogP contribution is -2.27. The summed E-state index contributed by atoms with van der Waals surface area (Å²) in [6, 6.07) is 7.21. The topological polar surface area (TPSA) is 17.0 Å². The van der Waals surface area contributed by atoms with Crippen molar-refractivity contribution in [2.45, 2.75) is 13.1 Å². The second kappa shape index (κ2) is 2.82. The molecule has 3 heteroatoms. The van der Waals surface area contributed by atoms with Crippen molar-refractivity contribution >= 4 is 10.9 Å². The van der Waals surface area contributed by atoms with Crippen molar-refractivity contribution in [1.82, 2.24) is 9.88 Å². The third-order valence-corrected chi connectivity index (χ3v) is 2.80. The molecule has 0 amide bonds. The van der Waals surface area contributed by atoms with Gasteiger partial charge in [0.25, 0.3) is 0 Å². The van der Waals surface area contributed by atoms with Crippen LogP contribution in [-0.4, -0.2) is 11.1 Å².